The van der Waals surface area contributed by atoms with Gasteiger partial charge in [0.1, 0.15) is 0 Å². The molecule has 3 rings (SSSR count). The van der Waals surface area contributed by atoms with E-state index in [4.69, 9.17) is 4.74 Å². The van der Waals surface area contributed by atoms with Crippen LogP contribution in [0.1, 0.15) is 11.1 Å². The third-order valence-electron chi connectivity index (χ3n) is 3.54. The lowest BCUT2D eigenvalue weighted by molar-refractivity contribution is 0.122. The van der Waals surface area contributed by atoms with Crippen LogP contribution < -0.4 is 4.90 Å². The smallest absolute Gasteiger partial charge is 0.0642 e. The molecule has 0 atom stereocenters. The Kier molecular flexibility index (Phi) is 4.14. The summed E-state index contributed by atoms with van der Waals surface area (Å²) in [4.78, 5) is 2.37. The largest absolute Gasteiger partial charge is 0.378 e. The van der Waals surface area contributed by atoms with Crippen LogP contribution in [-0.2, 0) is 4.74 Å². The standard InChI is InChI=1S/C18H19NO/c1-2-4-16(5-3-1)6-7-17-8-10-18(11-9-17)19-12-14-20-15-13-19/h1-11H,12-15H2. The minimum atomic E-state index is 0.829. The molecule has 0 radical (unpaired) electrons. The molecule has 1 saturated heterocycles. The molecule has 2 aromatic carbocycles. The lowest BCUT2D eigenvalue weighted by Gasteiger charge is -2.28. The van der Waals surface area contributed by atoms with Gasteiger partial charge in [-0.25, -0.2) is 0 Å². The first-order valence-electron chi connectivity index (χ1n) is 7.08. The summed E-state index contributed by atoms with van der Waals surface area (Å²) in [5.74, 6) is 0. The Balaban J connectivity index is 1.68. The van der Waals surface area contributed by atoms with Crippen molar-refractivity contribution >= 4 is 17.8 Å². The van der Waals surface area contributed by atoms with Crippen LogP contribution in [0.4, 0.5) is 5.69 Å². The van der Waals surface area contributed by atoms with Gasteiger partial charge in [0.05, 0.1) is 13.2 Å². The number of hydrogen-bond acceptors (Lipinski definition) is 2. The first-order chi connectivity index (χ1) is 9.92. The van der Waals surface area contributed by atoms with Gasteiger partial charge in [0.15, 0.2) is 0 Å². The highest BCUT2D eigenvalue weighted by atomic mass is 16.5. The predicted molar refractivity (Wildman–Crippen MR) is 84.8 cm³/mol. The maximum absolute atomic E-state index is 5.38. The second-order valence-electron chi connectivity index (χ2n) is 4.93. The van der Waals surface area contributed by atoms with E-state index in [1.807, 2.05) is 6.07 Å². The van der Waals surface area contributed by atoms with Crippen LogP contribution in [0.25, 0.3) is 12.2 Å². The Bertz CT molecular complexity index is 554. The average Bonchev–Trinajstić information content (AvgIpc) is 2.55. The van der Waals surface area contributed by atoms with Gasteiger partial charge in [-0.05, 0) is 23.3 Å². The average molecular weight is 265 g/mol. The zero-order valence-electron chi connectivity index (χ0n) is 11.5. The van der Waals surface area contributed by atoms with Gasteiger partial charge in [-0.15, -0.1) is 0 Å². The maximum Gasteiger partial charge on any atom is 0.0642 e. The fraction of sp³-hybridized carbons (Fsp3) is 0.222. The molecule has 2 aromatic rings. The SMILES string of the molecule is C(=Cc1ccc(N2CCOCC2)cc1)c1ccccc1. The zero-order valence-corrected chi connectivity index (χ0v) is 11.5. The zero-order chi connectivity index (χ0) is 13.6. The molecule has 0 aromatic heterocycles. The minimum Gasteiger partial charge on any atom is -0.378 e. The molecule has 1 fully saturated rings. The Labute approximate surface area is 120 Å². The number of nitrogens with zero attached hydrogens (tertiary/aromatic N) is 1. The summed E-state index contributed by atoms with van der Waals surface area (Å²) in [6.45, 7) is 3.63. The Hall–Kier alpha value is -2.06. The highest BCUT2D eigenvalue weighted by Gasteiger charge is 2.10. The third kappa shape index (κ3) is 3.28. The molecule has 0 N–H and O–H groups in total. The van der Waals surface area contributed by atoms with Crippen LogP contribution in [0, 0.1) is 0 Å². The molecule has 0 unspecified atom stereocenters. The fourth-order valence-corrected chi connectivity index (χ4v) is 2.37. The summed E-state index contributed by atoms with van der Waals surface area (Å²) < 4.78 is 5.38. The molecule has 2 heteroatoms. The molecule has 20 heavy (non-hydrogen) atoms. The van der Waals surface area contributed by atoms with Gasteiger partial charge in [-0.3, -0.25) is 0 Å². The van der Waals surface area contributed by atoms with E-state index < -0.39 is 0 Å². The van der Waals surface area contributed by atoms with E-state index in [2.05, 4.69) is 65.6 Å². The van der Waals surface area contributed by atoms with Gasteiger partial charge in [0.2, 0.25) is 0 Å². The van der Waals surface area contributed by atoms with Crippen molar-refractivity contribution < 1.29 is 4.74 Å². The number of rotatable bonds is 3. The Morgan fingerprint density at radius 2 is 1.35 bits per heavy atom. The van der Waals surface area contributed by atoms with Crippen molar-refractivity contribution in [1.82, 2.24) is 0 Å². The van der Waals surface area contributed by atoms with Crippen molar-refractivity contribution in [2.75, 3.05) is 31.2 Å². The van der Waals surface area contributed by atoms with Crippen molar-refractivity contribution in [2.45, 2.75) is 0 Å². The molecule has 0 aliphatic carbocycles. The van der Waals surface area contributed by atoms with Crippen LogP contribution in [0.5, 0.6) is 0 Å². The Morgan fingerprint density at radius 3 is 2.00 bits per heavy atom. The molecule has 0 saturated carbocycles. The summed E-state index contributed by atoms with van der Waals surface area (Å²) in [7, 11) is 0. The summed E-state index contributed by atoms with van der Waals surface area (Å²) in [6, 6.07) is 19.1. The molecule has 0 spiro atoms. The normalized spacial score (nSPS) is 15.7. The summed E-state index contributed by atoms with van der Waals surface area (Å²) in [5.41, 5.74) is 3.74. The molecule has 0 bridgehead atoms. The molecule has 1 aliphatic rings. The van der Waals surface area contributed by atoms with Gasteiger partial charge >= 0.3 is 0 Å². The molecule has 1 aliphatic heterocycles. The van der Waals surface area contributed by atoms with Crippen LogP contribution >= 0.6 is 0 Å². The van der Waals surface area contributed by atoms with Gasteiger partial charge < -0.3 is 9.64 Å². The van der Waals surface area contributed by atoms with Crippen molar-refractivity contribution in [2.24, 2.45) is 0 Å². The minimum absolute atomic E-state index is 0.829. The van der Waals surface area contributed by atoms with Crippen LogP contribution in [-0.4, -0.2) is 26.3 Å². The van der Waals surface area contributed by atoms with E-state index in [9.17, 15) is 0 Å². The second-order valence-corrected chi connectivity index (χ2v) is 4.93. The molecule has 102 valence electrons. The molecule has 2 nitrogen and oxygen atoms in total. The molecular formula is C18H19NO. The fourth-order valence-electron chi connectivity index (χ4n) is 2.37. The topological polar surface area (TPSA) is 12.5 Å². The predicted octanol–water partition coefficient (Wildman–Crippen LogP) is 3.69. The van der Waals surface area contributed by atoms with E-state index in [0.717, 1.165) is 26.3 Å². The maximum atomic E-state index is 5.38. The van der Waals surface area contributed by atoms with Crippen molar-refractivity contribution in [1.29, 1.82) is 0 Å². The van der Waals surface area contributed by atoms with E-state index in [0.29, 0.717) is 0 Å². The van der Waals surface area contributed by atoms with E-state index in [1.165, 1.54) is 16.8 Å². The second kappa shape index (κ2) is 6.40. The number of ether oxygens (including phenoxy) is 1. The van der Waals surface area contributed by atoms with Crippen LogP contribution in [0.2, 0.25) is 0 Å². The number of benzene rings is 2. The highest BCUT2D eigenvalue weighted by Crippen LogP contribution is 2.17. The van der Waals surface area contributed by atoms with Crippen molar-refractivity contribution in [3.63, 3.8) is 0 Å². The van der Waals surface area contributed by atoms with Crippen molar-refractivity contribution in [3.05, 3.63) is 65.7 Å². The summed E-state index contributed by atoms with van der Waals surface area (Å²) in [5, 5.41) is 0. The lowest BCUT2D eigenvalue weighted by Crippen LogP contribution is -2.36. The lowest BCUT2D eigenvalue weighted by atomic mass is 10.1. The quantitative estimate of drug-likeness (QED) is 0.785. The van der Waals surface area contributed by atoms with E-state index >= 15 is 0 Å². The summed E-state index contributed by atoms with van der Waals surface area (Å²) in [6.07, 6.45) is 4.29. The number of morpholine rings is 1. The van der Waals surface area contributed by atoms with Gasteiger partial charge in [0.25, 0.3) is 0 Å². The van der Waals surface area contributed by atoms with Crippen LogP contribution in [0.3, 0.4) is 0 Å². The van der Waals surface area contributed by atoms with Crippen molar-refractivity contribution in [3.8, 4) is 0 Å². The Morgan fingerprint density at radius 1 is 0.750 bits per heavy atom. The van der Waals surface area contributed by atoms with E-state index in [-0.39, 0.29) is 0 Å². The van der Waals surface area contributed by atoms with Crippen LogP contribution in [0.15, 0.2) is 54.6 Å². The highest BCUT2D eigenvalue weighted by molar-refractivity contribution is 5.70. The molecule has 1 heterocycles. The van der Waals surface area contributed by atoms with Gasteiger partial charge in [-0.1, -0.05) is 54.6 Å². The molecule has 0 amide bonds. The first-order valence-corrected chi connectivity index (χ1v) is 7.08. The van der Waals surface area contributed by atoms with Gasteiger partial charge in [-0.2, -0.15) is 0 Å². The molecular weight excluding hydrogens is 246 g/mol. The monoisotopic (exact) mass is 265 g/mol. The number of anilines is 1. The van der Waals surface area contributed by atoms with Gasteiger partial charge in [0, 0.05) is 18.8 Å². The third-order valence-corrected chi connectivity index (χ3v) is 3.54. The van der Waals surface area contributed by atoms with E-state index in [1.54, 1.807) is 0 Å². The number of hydrogen-bond donors (Lipinski definition) is 0. The first kappa shape index (κ1) is 12.9. The summed E-state index contributed by atoms with van der Waals surface area (Å²) >= 11 is 0.